The van der Waals surface area contributed by atoms with E-state index in [9.17, 15) is 9.90 Å². The predicted octanol–water partition coefficient (Wildman–Crippen LogP) is 3.27. The number of rotatable bonds is 7. The monoisotopic (exact) mass is 389 g/mol. The number of hydrogen-bond acceptors (Lipinski definition) is 4. The van der Waals surface area contributed by atoms with Crippen molar-refractivity contribution in [3.8, 4) is 5.75 Å². The molecule has 0 aromatic heterocycles. The van der Waals surface area contributed by atoms with Gasteiger partial charge in [0.05, 0.1) is 19.6 Å². The van der Waals surface area contributed by atoms with Gasteiger partial charge in [0.1, 0.15) is 10.6 Å². The van der Waals surface area contributed by atoms with Crippen molar-refractivity contribution in [1.29, 1.82) is 0 Å². The van der Waals surface area contributed by atoms with Gasteiger partial charge in [-0.25, -0.2) is 0 Å². The summed E-state index contributed by atoms with van der Waals surface area (Å²) in [6.45, 7) is 6.65. The Bertz CT molecular complexity index is 473. The van der Waals surface area contributed by atoms with Crippen molar-refractivity contribution in [2.45, 2.75) is 36.9 Å². The van der Waals surface area contributed by atoms with Crippen molar-refractivity contribution in [1.82, 2.24) is 4.90 Å². The van der Waals surface area contributed by atoms with Gasteiger partial charge in [-0.2, -0.15) is 0 Å². The van der Waals surface area contributed by atoms with Crippen LogP contribution in [-0.2, 0) is 11.3 Å². The highest BCUT2D eigenvalue weighted by Crippen LogP contribution is 2.25. The molecule has 1 rings (SSSR count). The molecule has 0 radical (unpaired) electrons. The van der Waals surface area contributed by atoms with Gasteiger partial charge in [0.25, 0.3) is 0 Å². The van der Waals surface area contributed by atoms with Crippen molar-refractivity contribution in [3.05, 3.63) is 29.8 Å². The first-order chi connectivity index (χ1) is 10.3. The van der Waals surface area contributed by atoms with E-state index in [-0.39, 0.29) is 17.3 Å². The summed E-state index contributed by atoms with van der Waals surface area (Å²) < 4.78 is 5.21. The highest BCUT2D eigenvalue weighted by Gasteiger charge is 2.23. The Kier molecular flexibility index (Phi) is 7.72. The van der Waals surface area contributed by atoms with Crippen molar-refractivity contribution < 1.29 is 14.6 Å². The van der Waals surface area contributed by atoms with Crippen LogP contribution in [0, 0.1) is 0 Å². The zero-order chi connectivity index (χ0) is 16.8. The molecule has 0 heterocycles. The zero-order valence-electron chi connectivity index (χ0n) is 13.5. The average molecular weight is 390 g/mol. The van der Waals surface area contributed by atoms with E-state index in [4.69, 9.17) is 4.74 Å². The number of alkyl halides is 1. The van der Waals surface area contributed by atoms with E-state index >= 15 is 0 Å². The fraction of sp³-hybridized carbons (Fsp3) is 0.562. The van der Waals surface area contributed by atoms with Crippen LogP contribution in [0.1, 0.15) is 26.3 Å². The number of thioether (sulfide) groups is 1. The molecule has 1 aromatic carbocycles. The van der Waals surface area contributed by atoms with E-state index in [1.165, 1.54) is 0 Å². The number of methoxy groups -OCH3 is 1. The van der Waals surface area contributed by atoms with E-state index in [2.05, 4.69) is 36.7 Å². The molecule has 0 fully saturated rings. The molecule has 22 heavy (non-hydrogen) atoms. The summed E-state index contributed by atoms with van der Waals surface area (Å²) >= 11 is 4.93. The fourth-order valence-corrected chi connectivity index (χ4v) is 2.74. The lowest BCUT2D eigenvalue weighted by Gasteiger charge is -2.28. The maximum Gasteiger partial charge on any atom is 0.239 e. The lowest BCUT2D eigenvalue weighted by Crippen LogP contribution is -2.38. The summed E-state index contributed by atoms with van der Waals surface area (Å²) in [5.41, 5.74) is 1.03. The van der Waals surface area contributed by atoms with E-state index in [1.54, 1.807) is 23.8 Å². The molecule has 0 saturated heterocycles. The van der Waals surface area contributed by atoms with Crippen LogP contribution in [0.25, 0.3) is 0 Å². The highest BCUT2D eigenvalue weighted by atomic mass is 79.9. The van der Waals surface area contributed by atoms with Crippen LogP contribution in [0.15, 0.2) is 24.3 Å². The van der Waals surface area contributed by atoms with Gasteiger partial charge >= 0.3 is 0 Å². The van der Waals surface area contributed by atoms with Gasteiger partial charge in [-0.3, -0.25) is 4.79 Å². The van der Waals surface area contributed by atoms with Gasteiger partial charge < -0.3 is 14.7 Å². The summed E-state index contributed by atoms with van der Waals surface area (Å²) in [5, 5.41) is 9.20. The van der Waals surface area contributed by atoms with Crippen LogP contribution >= 0.6 is 27.7 Å². The summed E-state index contributed by atoms with van der Waals surface area (Å²) in [5.74, 6) is 1.27. The predicted molar refractivity (Wildman–Crippen MR) is 95.6 cm³/mol. The van der Waals surface area contributed by atoms with Crippen molar-refractivity contribution >= 4 is 33.6 Å². The molecular formula is C16H24BrNO3S. The Labute approximate surface area is 145 Å². The zero-order valence-corrected chi connectivity index (χ0v) is 15.9. The van der Waals surface area contributed by atoms with Gasteiger partial charge in [-0.1, -0.05) is 48.8 Å². The van der Waals surface area contributed by atoms with Crippen LogP contribution < -0.4 is 4.74 Å². The molecule has 0 spiro atoms. The van der Waals surface area contributed by atoms with Crippen LogP contribution in [0.5, 0.6) is 5.75 Å². The Hall–Kier alpha value is -0.720. The Morgan fingerprint density at radius 3 is 2.41 bits per heavy atom. The Morgan fingerprint density at radius 2 is 1.95 bits per heavy atom. The number of carbonyl (C=O) groups is 1. The lowest BCUT2D eigenvalue weighted by molar-refractivity contribution is -0.130. The third kappa shape index (κ3) is 6.58. The van der Waals surface area contributed by atoms with Gasteiger partial charge in [0.15, 0.2) is 0 Å². The van der Waals surface area contributed by atoms with Crippen LogP contribution in [0.4, 0.5) is 0 Å². The normalized spacial score (nSPS) is 12.8. The largest absolute Gasteiger partial charge is 0.497 e. The summed E-state index contributed by atoms with van der Waals surface area (Å²) in [6.07, 6.45) is 0. The van der Waals surface area contributed by atoms with Gasteiger partial charge in [-0.15, -0.1) is 11.8 Å². The molecule has 0 bridgehead atoms. The molecule has 0 saturated carbocycles. The van der Waals surface area contributed by atoms with Gasteiger partial charge in [-0.05, 0) is 17.7 Å². The molecule has 0 aliphatic carbocycles. The van der Waals surface area contributed by atoms with Crippen LogP contribution in [0.2, 0.25) is 0 Å². The van der Waals surface area contributed by atoms with Gasteiger partial charge in [0.2, 0.25) is 5.91 Å². The maximum absolute atomic E-state index is 12.4. The fourth-order valence-electron chi connectivity index (χ4n) is 1.69. The molecule has 1 atom stereocenters. The van der Waals surface area contributed by atoms with E-state index in [0.29, 0.717) is 12.4 Å². The number of hydrogen-bond donors (Lipinski definition) is 1. The second-order valence-corrected chi connectivity index (χ2v) is 8.80. The van der Waals surface area contributed by atoms with E-state index < -0.39 is 4.83 Å². The minimum Gasteiger partial charge on any atom is -0.497 e. The second-order valence-electron chi connectivity index (χ2n) is 5.92. The molecule has 0 aliphatic rings. The van der Waals surface area contributed by atoms with Crippen LogP contribution in [0.3, 0.4) is 0 Å². The van der Waals surface area contributed by atoms with Crippen molar-refractivity contribution in [2.24, 2.45) is 0 Å². The molecule has 4 nitrogen and oxygen atoms in total. The highest BCUT2D eigenvalue weighted by molar-refractivity contribution is 9.10. The molecular weight excluding hydrogens is 366 g/mol. The molecule has 6 heteroatoms. The van der Waals surface area contributed by atoms with Crippen LogP contribution in [-0.4, -0.2) is 45.1 Å². The first kappa shape index (κ1) is 19.3. The third-order valence-corrected chi connectivity index (χ3v) is 4.91. The summed E-state index contributed by atoms with van der Waals surface area (Å²) in [6, 6.07) is 7.66. The number of halogens is 1. The number of nitrogens with zero attached hydrogens (tertiary/aromatic N) is 1. The Balaban J connectivity index is 2.81. The first-order valence-corrected chi connectivity index (χ1v) is 8.97. The average Bonchev–Trinajstić information content (AvgIpc) is 2.49. The standard InChI is InChI=1S/C16H24BrNO3S/c1-16(2,3)22-11-18(15(20)14(17)10-19)9-12-5-7-13(21-4)8-6-12/h5-8,14,19H,9-11H2,1-4H3/t14-/m0/s1. The number of carbonyl (C=O) groups excluding carboxylic acids is 1. The summed E-state index contributed by atoms with van der Waals surface area (Å²) in [7, 11) is 1.63. The lowest BCUT2D eigenvalue weighted by atomic mass is 10.2. The number of aliphatic hydroxyl groups excluding tert-OH is 1. The Morgan fingerprint density at radius 1 is 1.36 bits per heavy atom. The topological polar surface area (TPSA) is 49.8 Å². The second kappa shape index (κ2) is 8.79. The maximum atomic E-state index is 12.4. The quantitative estimate of drug-likeness (QED) is 0.574. The number of amides is 1. The van der Waals surface area contributed by atoms with E-state index in [0.717, 1.165) is 11.3 Å². The SMILES string of the molecule is COc1ccc(CN(CSC(C)(C)C)C(=O)[C@@H](Br)CO)cc1. The smallest absolute Gasteiger partial charge is 0.239 e. The number of aliphatic hydroxyl groups is 1. The minimum atomic E-state index is -0.564. The first-order valence-electron chi connectivity index (χ1n) is 7.07. The molecule has 1 aromatic rings. The molecule has 1 N–H and O–H groups in total. The molecule has 0 aliphatic heterocycles. The van der Waals surface area contributed by atoms with E-state index in [1.807, 2.05) is 24.3 Å². The number of ether oxygens (including phenoxy) is 1. The van der Waals surface area contributed by atoms with Crippen molar-refractivity contribution in [3.63, 3.8) is 0 Å². The van der Waals surface area contributed by atoms with Gasteiger partial charge in [0, 0.05) is 11.3 Å². The molecule has 124 valence electrons. The molecule has 1 amide bonds. The van der Waals surface area contributed by atoms with Crippen molar-refractivity contribution in [2.75, 3.05) is 19.6 Å². The summed E-state index contributed by atoms with van der Waals surface area (Å²) in [4.78, 5) is 13.6. The molecule has 0 unspecified atom stereocenters. The third-order valence-electron chi connectivity index (χ3n) is 2.93. The number of benzene rings is 1. The minimum absolute atomic E-state index is 0.0689.